The molecule has 0 bridgehead atoms. The molecule has 10 heteroatoms. The van der Waals surface area contributed by atoms with E-state index in [0.29, 0.717) is 36.1 Å². The Balaban J connectivity index is 3.92. The van der Waals surface area contributed by atoms with Gasteiger partial charge in [-0.2, -0.15) is 0 Å². The van der Waals surface area contributed by atoms with E-state index in [1.807, 2.05) is 27.7 Å². The number of hydrogen-bond acceptors (Lipinski definition) is 6. The molecule has 0 saturated carbocycles. The number of nitrogens with zero attached hydrogens (tertiary/aromatic N) is 6. The molecule has 0 spiro atoms. The molecule has 0 aromatic heterocycles. The zero-order chi connectivity index (χ0) is 15.4. The van der Waals surface area contributed by atoms with Crippen molar-refractivity contribution in [2.45, 2.75) is 27.7 Å². The fourth-order valence-electron chi connectivity index (χ4n) is 1.29. The minimum atomic E-state index is 0.0234. The topological polar surface area (TPSA) is 102 Å². The predicted octanol–water partition coefficient (Wildman–Crippen LogP) is 1.29. The van der Waals surface area contributed by atoms with E-state index in [0.717, 1.165) is 0 Å². The molecule has 0 aromatic rings. The number of hydrogen-bond donors (Lipinski definition) is 0. The molecule has 0 fully saturated rings. The molecule has 0 saturated heterocycles. The molecule has 0 unspecified atom stereocenters. The van der Waals surface area contributed by atoms with E-state index >= 15 is 0 Å². The monoisotopic (exact) mass is 292 g/mol. The quantitative estimate of drug-likeness (QED) is 0.246. The van der Waals surface area contributed by atoms with Gasteiger partial charge in [0.1, 0.15) is 0 Å². The van der Waals surface area contributed by atoms with Crippen LogP contribution in [-0.2, 0) is 9.68 Å². The first-order valence-corrected chi connectivity index (χ1v) is 6.70. The van der Waals surface area contributed by atoms with E-state index in [2.05, 4.69) is 10.6 Å². The van der Waals surface area contributed by atoms with Gasteiger partial charge in [0, 0.05) is 0 Å². The third kappa shape index (κ3) is 6.81. The molecule has 0 aromatic carbocycles. The zero-order valence-corrected chi connectivity index (χ0v) is 12.6. The van der Waals surface area contributed by atoms with Crippen LogP contribution in [0.3, 0.4) is 0 Å². The molecule has 0 aliphatic carbocycles. The maximum Gasteiger partial charge on any atom is 0.233 e. The summed E-state index contributed by atoms with van der Waals surface area (Å²) in [6.45, 7) is 9.53. The van der Waals surface area contributed by atoms with Crippen LogP contribution in [0.25, 0.3) is 0 Å². The van der Waals surface area contributed by atoms with Crippen LogP contribution >= 0.6 is 0 Å². The highest BCUT2D eigenvalue weighted by molar-refractivity contribution is 4.30. The summed E-state index contributed by atoms with van der Waals surface area (Å²) in [6.07, 6.45) is 0. The third-order valence-electron chi connectivity index (χ3n) is 2.47. The van der Waals surface area contributed by atoms with E-state index in [4.69, 9.17) is 9.68 Å². The van der Waals surface area contributed by atoms with Crippen molar-refractivity contribution in [3.8, 4) is 0 Å². The Morgan fingerprint density at radius 3 is 1.30 bits per heavy atom. The Morgan fingerprint density at radius 1 is 0.750 bits per heavy atom. The summed E-state index contributed by atoms with van der Waals surface area (Å²) in [5, 5.41) is 32.2. The van der Waals surface area contributed by atoms with E-state index < -0.39 is 0 Å². The minimum Gasteiger partial charge on any atom is -0.569 e. The van der Waals surface area contributed by atoms with Crippen molar-refractivity contribution >= 4 is 0 Å². The molecule has 118 valence electrons. The van der Waals surface area contributed by atoms with E-state index in [-0.39, 0.29) is 13.2 Å². The molecular formula is C10H24N6O4. The van der Waals surface area contributed by atoms with E-state index in [1.54, 1.807) is 0 Å². The maximum atomic E-state index is 11.3. The number of rotatable bonds is 11. The van der Waals surface area contributed by atoms with Crippen LogP contribution in [0.15, 0.2) is 10.6 Å². The van der Waals surface area contributed by atoms with Crippen molar-refractivity contribution in [2.24, 2.45) is 10.6 Å². The van der Waals surface area contributed by atoms with E-state index in [1.165, 1.54) is 10.0 Å². The summed E-state index contributed by atoms with van der Waals surface area (Å²) in [4.78, 5) is 10.3. The average molecular weight is 292 g/mol. The van der Waals surface area contributed by atoms with Crippen LogP contribution in [-0.4, -0.2) is 59.3 Å². The van der Waals surface area contributed by atoms with Crippen molar-refractivity contribution in [3.63, 3.8) is 0 Å². The van der Waals surface area contributed by atoms with Gasteiger partial charge in [0.05, 0.1) is 36.1 Å². The Labute approximate surface area is 118 Å². The van der Waals surface area contributed by atoms with Gasteiger partial charge in [0.15, 0.2) is 13.2 Å². The van der Waals surface area contributed by atoms with E-state index in [9.17, 15) is 10.4 Å². The Hall–Kier alpha value is -2.00. The lowest BCUT2D eigenvalue weighted by Gasteiger charge is -2.13. The molecule has 0 radical (unpaired) electrons. The van der Waals surface area contributed by atoms with Gasteiger partial charge in [-0.15, -0.1) is 10.0 Å². The van der Waals surface area contributed by atoms with Gasteiger partial charge in [-0.1, -0.05) is 0 Å². The summed E-state index contributed by atoms with van der Waals surface area (Å²) in [6, 6.07) is 0. The smallest absolute Gasteiger partial charge is 0.233 e. The zero-order valence-electron chi connectivity index (χ0n) is 12.6. The van der Waals surface area contributed by atoms with Crippen molar-refractivity contribution in [1.82, 2.24) is 10.0 Å². The highest BCUT2D eigenvalue weighted by Crippen LogP contribution is 1.92. The second kappa shape index (κ2) is 10.9. The van der Waals surface area contributed by atoms with Crippen LogP contribution < -0.4 is 0 Å². The highest BCUT2D eigenvalue weighted by atomic mass is 16.7. The largest absolute Gasteiger partial charge is 0.569 e. The first kappa shape index (κ1) is 18.0. The minimum absolute atomic E-state index is 0.0234. The lowest BCUT2D eigenvalue weighted by atomic mass is 10.6. The fraction of sp³-hybridized carbons (Fsp3) is 1.00. The Kier molecular flexibility index (Phi) is 9.79. The summed E-state index contributed by atoms with van der Waals surface area (Å²) in [5.74, 6) is 0. The molecule has 0 aliphatic heterocycles. The third-order valence-corrected chi connectivity index (χ3v) is 2.47. The van der Waals surface area contributed by atoms with Gasteiger partial charge in [0.25, 0.3) is 0 Å². The average Bonchev–Trinajstić information content (AvgIpc) is 2.45. The molecule has 0 rings (SSSR count). The van der Waals surface area contributed by atoms with Crippen molar-refractivity contribution < 1.29 is 19.6 Å². The normalized spacial score (nSPS) is 12.2. The summed E-state index contributed by atoms with van der Waals surface area (Å²) in [5.41, 5.74) is 0. The van der Waals surface area contributed by atoms with Crippen LogP contribution in [0.4, 0.5) is 0 Å². The molecule has 0 heterocycles. The van der Waals surface area contributed by atoms with Gasteiger partial charge in [-0.05, 0) is 27.7 Å². The first-order chi connectivity index (χ1) is 9.60. The first-order valence-electron chi connectivity index (χ1n) is 6.70. The van der Waals surface area contributed by atoms with Crippen molar-refractivity contribution in [2.75, 3.05) is 39.4 Å². The summed E-state index contributed by atoms with van der Waals surface area (Å²) < 4.78 is 0. The molecular weight excluding hydrogens is 268 g/mol. The number of hydrazine groups is 2. The van der Waals surface area contributed by atoms with Crippen molar-refractivity contribution in [3.05, 3.63) is 10.4 Å². The summed E-state index contributed by atoms with van der Waals surface area (Å²) in [7, 11) is 0. The molecule has 0 amide bonds. The molecule has 0 atom stereocenters. The van der Waals surface area contributed by atoms with Gasteiger partial charge in [-0.25, -0.2) is 0 Å². The molecule has 20 heavy (non-hydrogen) atoms. The van der Waals surface area contributed by atoms with Gasteiger partial charge < -0.3 is 20.1 Å². The molecule has 10 nitrogen and oxygen atoms in total. The fourth-order valence-corrected chi connectivity index (χ4v) is 1.29. The lowest BCUT2D eigenvalue weighted by Crippen LogP contribution is -2.30. The van der Waals surface area contributed by atoms with Crippen LogP contribution in [0.5, 0.6) is 0 Å². The second-order valence-corrected chi connectivity index (χ2v) is 3.61. The van der Waals surface area contributed by atoms with Gasteiger partial charge in [0.2, 0.25) is 10.6 Å². The van der Waals surface area contributed by atoms with Gasteiger partial charge >= 0.3 is 0 Å². The van der Waals surface area contributed by atoms with Gasteiger partial charge in [-0.3, -0.25) is 0 Å². The Bertz CT molecular complexity index is 274. The lowest BCUT2D eigenvalue weighted by molar-refractivity contribution is -0.712. The Morgan fingerprint density at radius 2 is 1.05 bits per heavy atom. The SMILES string of the molecule is CCN(CC)[N+]([O-])=NOCCON=[N+]([O-])N(CC)CC. The molecule has 0 aliphatic rings. The molecule has 0 N–H and O–H groups in total. The highest BCUT2D eigenvalue weighted by Gasteiger charge is 2.07. The van der Waals surface area contributed by atoms with Crippen LogP contribution in [0, 0.1) is 10.4 Å². The maximum absolute atomic E-state index is 11.3. The standard InChI is InChI=1S/C10H24N6O4/c1-5-13(6-2)15(17)11-19-9-10-20-12-16(18)14(7-3)8-4/h5-10H2,1-4H3. The summed E-state index contributed by atoms with van der Waals surface area (Å²) >= 11 is 0. The van der Waals surface area contributed by atoms with Crippen molar-refractivity contribution in [1.29, 1.82) is 0 Å². The van der Waals surface area contributed by atoms with Crippen LogP contribution in [0.1, 0.15) is 27.7 Å². The predicted molar refractivity (Wildman–Crippen MR) is 69.9 cm³/mol. The second-order valence-electron chi connectivity index (χ2n) is 3.61. The van der Waals surface area contributed by atoms with Crippen LogP contribution in [0.2, 0.25) is 0 Å².